The Morgan fingerprint density at radius 1 is 0.229 bits per heavy atom. The van der Waals surface area contributed by atoms with Gasteiger partial charge in [-0.15, -0.1) is 11.3 Å². The second kappa shape index (κ2) is 19.3. The average Bonchev–Trinajstić information content (AvgIpc) is 3.49. The smallest absolute Gasteiger partial charge is 0.0892 e. The summed E-state index contributed by atoms with van der Waals surface area (Å²) >= 11 is 1.88. The van der Waals surface area contributed by atoms with Crippen LogP contribution in [0.2, 0.25) is 0 Å². The van der Waals surface area contributed by atoms with Gasteiger partial charge in [0.1, 0.15) is 0 Å². The second-order valence-corrected chi connectivity index (χ2v) is 25.3. The third kappa shape index (κ3) is 8.11. The number of thiophene rings is 1. The Bertz CT molecular complexity index is 5020. The van der Waals surface area contributed by atoms with Gasteiger partial charge in [0.15, 0.2) is 0 Å². The van der Waals surface area contributed by atoms with Crippen molar-refractivity contribution < 1.29 is 0 Å². The molecule has 1 nitrogen and oxygen atoms in total. The van der Waals surface area contributed by atoms with Crippen molar-refractivity contribution in [3.63, 3.8) is 0 Å². The van der Waals surface area contributed by atoms with E-state index in [-0.39, 0.29) is 0 Å². The van der Waals surface area contributed by atoms with Crippen LogP contribution in [0.3, 0.4) is 0 Å². The van der Waals surface area contributed by atoms with Crippen LogP contribution in [0.4, 0.5) is 0 Å². The van der Waals surface area contributed by atoms with E-state index < -0.39 is 9.52 Å². The lowest BCUT2D eigenvalue weighted by molar-refractivity contribution is 1.18. The summed E-state index contributed by atoms with van der Waals surface area (Å²) in [6.45, 7) is 0. The van der Waals surface area contributed by atoms with Crippen LogP contribution >= 0.6 is 11.3 Å². The molecule has 0 N–H and O–H groups in total. The molecule has 0 radical (unpaired) electrons. The number of hydrogen-bond acceptors (Lipinski definition) is 1. The molecule has 0 bridgehead atoms. The van der Waals surface area contributed by atoms with Crippen molar-refractivity contribution in [2.75, 3.05) is 0 Å². The zero-order valence-corrected chi connectivity index (χ0v) is 47.6. The Labute approximate surface area is 488 Å². The Morgan fingerprint density at radius 3 is 1.16 bits per heavy atom. The molecule has 0 fully saturated rings. The minimum absolute atomic E-state index is 0.748. The zero-order chi connectivity index (χ0) is 54.5. The van der Waals surface area contributed by atoms with Crippen molar-refractivity contribution in [2.24, 2.45) is 0 Å². The molecule has 3 heterocycles. The highest BCUT2D eigenvalue weighted by atomic mass is 32.1. The number of aromatic nitrogens is 1. The number of nitrogens with zero attached hydrogens (tertiary/aromatic N) is 1. The summed E-state index contributed by atoms with van der Waals surface area (Å²) in [6, 6.07) is 111. The van der Waals surface area contributed by atoms with Crippen LogP contribution in [-0.2, 0) is 0 Å². The van der Waals surface area contributed by atoms with Crippen LogP contribution in [0.25, 0.3) is 158 Å². The molecular weight excluding hydrogens is 1040 g/mol. The topological polar surface area (TPSA) is 4.93 Å². The average molecular weight is 1090 g/mol. The maximum Gasteiger partial charge on any atom is 0.0892 e. The first-order chi connectivity index (χ1) is 41.1. The summed E-state index contributed by atoms with van der Waals surface area (Å²) in [4.78, 5) is 0. The molecule has 386 valence electrons. The summed E-state index contributed by atoms with van der Waals surface area (Å²) in [5, 5.41) is 13.3. The molecule has 1 aliphatic heterocycles. The fourth-order valence-electron chi connectivity index (χ4n) is 13.4. The summed E-state index contributed by atoms with van der Waals surface area (Å²) in [6.07, 6.45) is 0. The number of hydrogen-bond donors (Lipinski definition) is 0. The van der Waals surface area contributed by atoms with Crippen LogP contribution < -0.4 is 10.4 Å². The standard InChI is InChI=1S/C80H51NSSi/c1-3-13-65-56(9-1)11-7-16-67(65)58-31-27-52(28-32-58)50-19-23-54(24-20-50)60-36-42-75-72(45-60)73-46-61(55-25-21-51(22-26-55)53-29-33-59(34-30-53)68-17-8-12-57-10-2-4-14-66(57)68)37-43-76(73)81(75)64-39-41-71-70-40-35-63(48-79(70)83-80(71)49-64)62-38-44-78-74(47-62)69-15-5-6-18-77(69)82-78/h1-49H,83H2. The van der Waals surface area contributed by atoms with Crippen molar-refractivity contribution in [3.05, 3.63) is 297 Å². The predicted octanol–water partition coefficient (Wildman–Crippen LogP) is 20.2. The third-order valence-corrected chi connectivity index (χ3v) is 20.8. The van der Waals surface area contributed by atoms with E-state index in [2.05, 4.69) is 302 Å². The van der Waals surface area contributed by atoms with Crippen molar-refractivity contribution in [2.45, 2.75) is 0 Å². The van der Waals surface area contributed by atoms with Gasteiger partial charge < -0.3 is 4.57 Å². The molecule has 0 saturated carbocycles. The van der Waals surface area contributed by atoms with E-state index in [1.807, 2.05) is 11.3 Å². The number of rotatable bonds is 8. The number of benzene rings is 14. The zero-order valence-electron chi connectivity index (χ0n) is 45.4. The largest absolute Gasteiger partial charge is 0.309 e. The molecule has 0 spiro atoms. The van der Waals surface area contributed by atoms with E-state index in [1.54, 1.807) is 0 Å². The van der Waals surface area contributed by atoms with E-state index in [1.165, 1.54) is 169 Å². The Balaban J connectivity index is 0.715. The molecular formula is C80H51NSSi. The Morgan fingerprint density at radius 2 is 0.602 bits per heavy atom. The molecule has 17 rings (SSSR count). The van der Waals surface area contributed by atoms with E-state index in [0.29, 0.717) is 0 Å². The van der Waals surface area contributed by atoms with E-state index in [4.69, 9.17) is 0 Å². The van der Waals surface area contributed by atoms with Crippen molar-refractivity contribution in [1.29, 1.82) is 0 Å². The van der Waals surface area contributed by atoms with E-state index in [0.717, 1.165) is 0 Å². The van der Waals surface area contributed by atoms with Gasteiger partial charge in [0, 0.05) is 36.6 Å². The number of fused-ring (bicyclic) bond motifs is 11. The summed E-state index contributed by atoms with van der Waals surface area (Å²) in [7, 11) is -0.748. The predicted molar refractivity (Wildman–Crippen MR) is 360 cm³/mol. The SMILES string of the molecule is c1ccc2c(-c3ccc(-c4ccc(-c5ccc6c(c5)c5cc(-c7ccc(-c8ccc(-c9cccc%10ccccc9%10)cc8)cc7)ccc5n6-c5ccc6c(c5)[SiH2]c5cc(-c7ccc8sc9ccccc9c8c7)ccc5-6)cc4)cc3)cccc2c1. The summed E-state index contributed by atoms with van der Waals surface area (Å²) in [5.74, 6) is 0. The van der Waals surface area contributed by atoms with Crippen LogP contribution in [-0.4, -0.2) is 14.1 Å². The fourth-order valence-corrected chi connectivity index (χ4v) is 16.6. The first kappa shape index (κ1) is 47.6. The van der Waals surface area contributed by atoms with Gasteiger partial charge in [0.2, 0.25) is 0 Å². The lowest BCUT2D eigenvalue weighted by Crippen LogP contribution is -2.21. The van der Waals surface area contributed by atoms with Gasteiger partial charge in [0.25, 0.3) is 0 Å². The molecule has 16 aromatic rings. The molecule has 2 aromatic heterocycles. The van der Waals surface area contributed by atoms with Gasteiger partial charge >= 0.3 is 0 Å². The monoisotopic (exact) mass is 1090 g/mol. The maximum absolute atomic E-state index is 2.51. The summed E-state index contributed by atoms with van der Waals surface area (Å²) in [5.41, 5.74) is 23.6. The van der Waals surface area contributed by atoms with Crippen LogP contribution in [0.1, 0.15) is 0 Å². The molecule has 0 amide bonds. The van der Waals surface area contributed by atoms with Gasteiger partial charge in [-0.25, -0.2) is 0 Å². The molecule has 0 unspecified atom stereocenters. The van der Waals surface area contributed by atoms with Gasteiger partial charge in [-0.1, -0.05) is 253 Å². The van der Waals surface area contributed by atoms with Gasteiger partial charge in [-0.05, 0) is 165 Å². The van der Waals surface area contributed by atoms with Crippen LogP contribution in [0.5, 0.6) is 0 Å². The first-order valence-corrected chi connectivity index (χ1v) is 31.0. The Hall–Kier alpha value is -10.2. The molecule has 0 atom stereocenters. The van der Waals surface area contributed by atoms with Crippen molar-refractivity contribution >= 4 is 94.8 Å². The highest BCUT2D eigenvalue weighted by molar-refractivity contribution is 7.25. The van der Waals surface area contributed by atoms with Gasteiger partial charge in [-0.2, -0.15) is 0 Å². The van der Waals surface area contributed by atoms with E-state index in [9.17, 15) is 0 Å². The second-order valence-electron chi connectivity index (χ2n) is 22.4. The lowest BCUT2D eigenvalue weighted by atomic mass is 9.95. The molecule has 0 aliphatic carbocycles. The van der Waals surface area contributed by atoms with Crippen molar-refractivity contribution in [1.82, 2.24) is 4.57 Å². The fraction of sp³-hybridized carbons (Fsp3) is 0. The minimum atomic E-state index is -0.748. The minimum Gasteiger partial charge on any atom is -0.309 e. The molecule has 3 heteroatoms. The summed E-state index contributed by atoms with van der Waals surface area (Å²) < 4.78 is 5.20. The van der Waals surface area contributed by atoms with Gasteiger partial charge in [-0.3, -0.25) is 0 Å². The lowest BCUT2D eigenvalue weighted by Gasteiger charge is -2.12. The molecule has 1 aliphatic rings. The normalized spacial score (nSPS) is 12.3. The van der Waals surface area contributed by atoms with Gasteiger partial charge in [0.05, 0.1) is 20.6 Å². The molecule has 14 aromatic carbocycles. The highest BCUT2D eigenvalue weighted by Crippen LogP contribution is 2.41. The highest BCUT2D eigenvalue weighted by Gasteiger charge is 2.23. The Kier molecular flexibility index (Phi) is 11.0. The maximum atomic E-state index is 2.51. The molecule has 0 saturated heterocycles. The van der Waals surface area contributed by atoms with Crippen LogP contribution in [0.15, 0.2) is 297 Å². The quantitative estimate of drug-likeness (QED) is 0.134. The third-order valence-electron chi connectivity index (χ3n) is 17.7. The van der Waals surface area contributed by atoms with Crippen molar-refractivity contribution in [3.8, 4) is 94.7 Å². The van der Waals surface area contributed by atoms with Crippen LogP contribution in [0, 0.1) is 0 Å². The molecule has 83 heavy (non-hydrogen) atoms. The first-order valence-electron chi connectivity index (χ1n) is 28.7. The van der Waals surface area contributed by atoms with E-state index >= 15 is 0 Å².